The van der Waals surface area contributed by atoms with Crippen LogP contribution < -0.4 is 5.32 Å². The topological polar surface area (TPSA) is 52.0 Å². The number of aromatic nitrogens is 3. The molecule has 0 saturated heterocycles. The van der Waals surface area contributed by atoms with E-state index in [-0.39, 0.29) is 6.10 Å². The number of nitrogens with one attached hydrogen (secondary N) is 1. The van der Waals surface area contributed by atoms with Crippen LogP contribution in [-0.2, 0) is 24.8 Å². The van der Waals surface area contributed by atoms with Crippen LogP contribution in [0.3, 0.4) is 0 Å². The lowest BCUT2D eigenvalue weighted by molar-refractivity contribution is 0.0393. The third kappa shape index (κ3) is 2.83. The van der Waals surface area contributed by atoms with Gasteiger partial charge in [0.1, 0.15) is 6.10 Å². The lowest BCUT2D eigenvalue weighted by Crippen LogP contribution is -2.27. The number of ether oxygens (including phenoxy) is 1. The third-order valence-corrected chi connectivity index (χ3v) is 3.34. The normalized spacial score (nSPS) is 18.3. The van der Waals surface area contributed by atoms with Crippen LogP contribution in [0.1, 0.15) is 22.9 Å². The first-order chi connectivity index (χ1) is 9.33. The fourth-order valence-corrected chi connectivity index (χ4v) is 2.41. The molecule has 0 aromatic carbocycles. The second-order valence-corrected chi connectivity index (χ2v) is 4.81. The molecule has 0 fully saturated rings. The van der Waals surface area contributed by atoms with Crippen LogP contribution in [0.15, 0.2) is 30.7 Å². The van der Waals surface area contributed by atoms with E-state index in [9.17, 15) is 0 Å². The Labute approximate surface area is 112 Å². The number of hydrogen-bond donors (Lipinski definition) is 1. The Kier molecular flexibility index (Phi) is 3.57. The van der Waals surface area contributed by atoms with Gasteiger partial charge in [0.2, 0.25) is 0 Å². The zero-order chi connectivity index (χ0) is 13.1. The van der Waals surface area contributed by atoms with E-state index in [2.05, 4.69) is 21.6 Å². The highest BCUT2D eigenvalue weighted by molar-refractivity contribution is 5.22. The molecule has 2 aromatic rings. The lowest BCUT2D eigenvalue weighted by atomic mass is 10.1. The van der Waals surface area contributed by atoms with Crippen molar-refractivity contribution in [2.45, 2.75) is 19.1 Å². The van der Waals surface area contributed by atoms with Crippen molar-refractivity contribution in [3.8, 4) is 0 Å². The zero-order valence-corrected chi connectivity index (χ0v) is 11.0. The first-order valence-electron chi connectivity index (χ1n) is 6.56. The maximum atomic E-state index is 5.81. The minimum atomic E-state index is 0.0618. The summed E-state index contributed by atoms with van der Waals surface area (Å²) in [6.07, 6.45) is 6.74. The van der Waals surface area contributed by atoms with Crippen molar-refractivity contribution in [2.75, 3.05) is 13.2 Å². The van der Waals surface area contributed by atoms with Crippen molar-refractivity contribution >= 4 is 0 Å². The van der Waals surface area contributed by atoms with E-state index in [1.54, 1.807) is 0 Å². The molecule has 0 bridgehead atoms. The number of pyridine rings is 1. The molecule has 0 amide bonds. The summed E-state index contributed by atoms with van der Waals surface area (Å²) in [4.78, 5) is 4.01. The Morgan fingerprint density at radius 1 is 1.42 bits per heavy atom. The summed E-state index contributed by atoms with van der Waals surface area (Å²) in [6, 6.07) is 4.03. The predicted octanol–water partition coefficient (Wildman–Crippen LogP) is 1.22. The van der Waals surface area contributed by atoms with Gasteiger partial charge in [-0.1, -0.05) is 0 Å². The molecule has 0 aliphatic carbocycles. The van der Waals surface area contributed by atoms with Crippen molar-refractivity contribution in [3.63, 3.8) is 0 Å². The lowest BCUT2D eigenvalue weighted by Gasteiger charge is -2.22. The summed E-state index contributed by atoms with van der Waals surface area (Å²) < 4.78 is 7.68. The standard InChI is InChI=1S/C14H18N4O/c1-18-10-12-4-7-19-13(14(12)17-18)9-16-8-11-2-5-15-6-3-11/h2-3,5-6,10,13,16H,4,7-9H2,1H3/t13-/m1/s1. The van der Waals surface area contributed by atoms with E-state index in [0.29, 0.717) is 0 Å². The van der Waals surface area contributed by atoms with Gasteiger partial charge in [0.25, 0.3) is 0 Å². The third-order valence-electron chi connectivity index (χ3n) is 3.34. The van der Waals surface area contributed by atoms with E-state index >= 15 is 0 Å². The van der Waals surface area contributed by atoms with Gasteiger partial charge in [0.05, 0.1) is 12.3 Å². The quantitative estimate of drug-likeness (QED) is 0.896. The fraction of sp³-hybridized carbons (Fsp3) is 0.429. The molecule has 0 saturated carbocycles. The zero-order valence-electron chi connectivity index (χ0n) is 11.0. The van der Waals surface area contributed by atoms with Crippen molar-refractivity contribution in [1.29, 1.82) is 0 Å². The summed E-state index contributed by atoms with van der Waals surface area (Å²) in [6.45, 7) is 2.39. The van der Waals surface area contributed by atoms with Gasteiger partial charge in [-0.25, -0.2) is 0 Å². The summed E-state index contributed by atoms with van der Waals surface area (Å²) in [5, 5.41) is 7.92. The molecule has 100 valence electrons. The van der Waals surface area contributed by atoms with Gasteiger partial charge < -0.3 is 10.1 Å². The largest absolute Gasteiger partial charge is 0.370 e. The number of aryl methyl sites for hydroxylation is 1. The predicted molar refractivity (Wildman–Crippen MR) is 71.5 cm³/mol. The Balaban J connectivity index is 1.59. The van der Waals surface area contributed by atoms with Gasteiger partial charge in [0.15, 0.2) is 0 Å². The highest BCUT2D eigenvalue weighted by Crippen LogP contribution is 2.24. The van der Waals surface area contributed by atoms with Crippen molar-refractivity contribution < 1.29 is 4.74 Å². The molecule has 19 heavy (non-hydrogen) atoms. The van der Waals surface area contributed by atoms with Gasteiger partial charge in [-0.2, -0.15) is 5.10 Å². The molecule has 2 aromatic heterocycles. The second-order valence-electron chi connectivity index (χ2n) is 4.81. The highest BCUT2D eigenvalue weighted by Gasteiger charge is 2.23. The number of nitrogens with zero attached hydrogens (tertiary/aromatic N) is 3. The van der Waals surface area contributed by atoms with E-state index < -0.39 is 0 Å². The Morgan fingerprint density at radius 3 is 3.11 bits per heavy atom. The maximum absolute atomic E-state index is 5.81. The van der Waals surface area contributed by atoms with E-state index in [4.69, 9.17) is 4.74 Å². The molecule has 5 nitrogen and oxygen atoms in total. The van der Waals surface area contributed by atoms with Crippen molar-refractivity contribution in [1.82, 2.24) is 20.1 Å². The smallest absolute Gasteiger partial charge is 0.114 e. The first-order valence-corrected chi connectivity index (χ1v) is 6.56. The first kappa shape index (κ1) is 12.3. The molecule has 3 rings (SSSR count). The van der Waals surface area contributed by atoms with Crippen LogP contribution >= 0.6 is 0 Å². The second kappa shape index (κ2) is 5.50. The summed E-state index contributed by atoms with van der Waals surface area (Å²) in [5.41, 5.74) is 3.62. The van der Waals surface area contributed by atoms with Crippen LogP contribution in [0.4, 0.5) is 0 Å². The molecular formula is C14H18N4O. The van der Waals surface area contributed by atoms with Gasteiger partial charge in [-0.05, 0) is 29.7 Å². The van der Waals surface area contributed by atoms with E-state index in [0.717, 1.165) is 31.8 Å². The maximum Gasteiger partial charge on any atom is 0.114 e. The van der Waals surface area contributed by atoms with Crippen LogP contribution in [0.25, 0.3) is 0 Å². The molecule has 3 heterocycles. The van der Waals surface area contributed by atoms with Crippen molar-refractivity contribution in [2.24, 2.45) is 7.05 Å². The van der Waals surface area contributed by atoms with Crippen LogP contribution in [0, 0.1) is 0 Å². The minimum absolute atomic E-state index is 0.0618. The minimum Gasteiger partial charge on any atom is -0.370 e. The fourth-order valence-electron chi connectivity index (χ4n) is 2.41. The number of hydrogen-bond acceptors (Lipinski definition) is 4. The molecular weight excluding hydrogens is 240 g/mol. The Hall–Kier alpha value is -1.72. The Bertz CT molecular complexity index is 538. The van der Waals surface area contributed by atoms with Crippen LogP contribution in [0.2, 0.25) is 0 Å². The molecule has 5 heteroatoms. The highest BCUT2D eigenvalue weighted by atomic mass is 16.5. The number of rotatable bonds is 4. The summed E-state index contributed by atoms with van der Waals surface area (Å²) in [5.74, 6) is 0. The summed E-state index contributed by atoms with van der Waals surface area (Å²) >= 11 is 0. The van der Waals surface area contributed by atoms with Gasteiger partial charge >= 0.3 is 0 Å². The molecule has 0 unspecified atom stereocenters. The molecule has 1 atom stereocenters. The van der Waals surface area contributed by atoms with Gasteiger partial charge in [-0.3, -0.25) is 9.67 Å². The molecule has 0 radical (unpaired) electrons. The van der Waals surface area contributed by atoms with Gasteiger partial charge in [-0.15, -0.1) is 0 Å². The summed E-state index contributed by atoms with van der Waals surface area (Å²) in [7, 11) is 1.96. The molecule has 1 aliphatic heterocycles. The monoisotopic (exact) mass is 258 g/mol. The van der Waals surface area contributed by atoms with Crippen molar-refractivity contribution in [3.05, 3.63) is 47.5 Å². The van der Waals surface area contributed by atoms with Gasteiger partial charge in [0, 0.05) is 38.7 Å². The number of fused-ring (bicyclic) bond motifs is 1. The van der Waals surface area contributed by atoms with E-state index in [1.807, 2.05) is 36.3 Å². The average molecular weight is 258 g/mol. The Morgan fingerprint density at radius 2 is 2.26 bits per heavy atom. The van der Waals surface area contributed by atoms with Crippen LogP contribution in [-0.4, -0.2) is 27.9 Å². The molecule has 1 N–H and O–H groups in total. The molecule has 1 aliphatic rings. The molecule has 0 spiro atoms. The SMILES string of the molecule is Cn1cc2c(n1)[C@@H](CNCc1ccncc1)OCC2. The van der Waals surface area contributed by atoms with Crippen LogP contribution in [0.5, 0.6) is 0 Å². The van der Waals surface area contributed by atoms with E-state index in [1.165, 1.54) is 11.1 Å². The average Bonchev–Trinajstić information content (AvgIpc) is 2.81.